The molecule has 0 unspecified atom stereocenters. The lowest BCUT2D eigenvalue weighted by molar-refractivity contribution is -0.146. The molecular formula is C16H23F3N6O2S. The van der Waals surface area contributed by atoms with E-state index in [4.69, 9.17) is 0 Å². The van der Waals surface area contributed by atoms with E-state index < -0.39 is 22.0 Å². The first-order valence-corrected chi connectivity index (χ1v) is 10.7. The lowest BCUT2D eigenvalue weighted by Gasteiger charge is -2.34. The summed E-state index contributed by atoms with van der Waals surface area (Å²) in [5, 5.41) is 11.1. The molecule has 156 valence electrons. The maximum absolute atomic E-state index is 13.2. The van der Waals surface area contributed by atoms with E-state index in [1.807, 2.05) is 4.90 Å². The van der Waals surface area contributed by atoms with E-state index in [2.05, 4.69) is 20.0 Å². The van der Waals surface area contributed by atoms with Gasteiger partial charge in [0, 0.05) is 30.3 Å². The van der Waals surface area contributed by atoms with Crippen molar-refractivity contribution in [3.63, 3.8) is 0 Å². The zero-order chi connectivity index (χ0) is 20.7. The molecular weight excluding hydrogens is 397 g/mol. The number of hydrogen-bond donors (Lipinski definition) is 1. The maximum Gasteiger partial charge on any atom is 0.453 e. The Hall–Kier alpha value is -1.95. The monoisotopic (exact) mass is 420 g/mol. The fourth-order valence-electron chi connectivity index (χ4n) is 3.38. The van der Waals surface area contributed by atoms with Crippen molar-refractivity contribution in [2.24, 2.45) is 0 Å². The van der Waals surface area contributed by atoms with Crippen molar-refractivity contribution >= 4 is 21.5 Å². The van der Waals surface area contributed by atoms with Crippen LogP contribution in [-0.2, 0) is 16.2 Å². The van der Waals surface area contributed by atoms with E-state index in [0.717, 1.165) is 10.1 Å². The Balaban J connectivity index is 1.84. The summed E-state index contributed by atoms with van der Waals surface area (Å²) in [5.41, 5.74) is 1.40. The Morgan fingerprint density at radius 1 is 1.14 bits per heavy atom. The molecule has 12 heteroatoms. The molecule has 0 atom stereocenters. The van der Waals surface area contributed by atoms with Gasteiger partial charge in [-0.05, 0) is 33.1 Å². The van der Waals surface area contributed by atoms with Crippen LogP contribution in [0.5, 0.6) is 0 Å². The van der Waals surface area contributed by atoms with Gasteiger partial charge in [-0.25, -0.2) is 13.1 Å². The Bertz CT molecular complexity index is 965. The van der Waals surface area contributed by atoms with E-state index in [0.29, 0.717) is 43.7 Å². The molecule has 1 aliphatic heterocycles. The van der Waals surface area contributed by atoms with Crippen molar-refractivity contribution in [1.82, 2.24) is 24.5 Å². The van der Waals surface area contributed by atoms with Gasteiger partial charge in [0.2, 0.25) is 10.0 Å². The van der Waals surface area contributed by atoms with E-state index >= 15 is 0 Å². The summed E-state index contributed by atoms with van der Waals surface area (Å²) in [6.07, 6.45) is -3.02. The van der Waals surface area contributed by atoms with Gasteiger partial charge in [0.25, 0.3) is 5.82 Å². The average molecular weight is 420 g/mol. The number of sulfonamides is 1. The van der Waals surface area contributed by atoms with Crippen molar-refractivity contribution in [3.8, 4) is 0 Å². The summed E-state index contributed by atoms with van der Waals surface area (Å²) in [6, 6.07) is -0.182. The minimum Gasteiger partial charge on any atom is -0.355 e. The zero-order valence-corrected chi connectivity index (χ0v) is 16.7. The molecule has 1 saturated heterocycles. The molecule has 0 spiro atoms. The van der Waals surface area contributed by atoms with Crippen LogP contribution in [0.15, 0.2) is 0 Å². The van der Waals surface area contributed by atoms with Crippen LogP contribution in [-0.4, -0.2) is 53.1 Å². The first kappa shape index (κ1) is 20.8. The number of nitrogens with zero attached hydrogens (tertiary/aromatic N) is 5. The van der Waals surface area contributed by atoms with E-state index in [9.17, 15) is 21.6 Å². The highest BCUT2D eigenvalue weighted by atomic mass is 32.2. The van der Waals surface area contributed by atoms with Gasteiger partial charge in [0.05, 0.1) is 5.75 Å². The van der Waals surface area contributed by atoms with Crippen LogP contribution in [0.2, 0.25) is 0 Å². The molecule has 1 aliphatic rings. The zero-order valence-electron chi connectivity index (χ0n) is 15.9. The van der Waals surface area contributed by atoms with Gasteiger partial charge in [0.1, 0.15) is 0 Å². The summed E-state index contributed by atoms with van der Waals surface area (Å²) < 4.78 is 66.9. The number of halogens is 3. The summed E-state index contributed by atoms with van der Waals surface area (Å²) in [4.78, 5) is 1.88. The van der Waals surface area contributed by atoms with Gasteiger partial charge >= 0.3 is 6.18 Å². The number of hydrogen-bond acceptors (Lipinski definition) is 6. The maximum atomic E-state index is 13.2. The summed E-state index contributed by atoms with van der Waals surface area (Å²) >= 11 is 0. The molecule has 3 rings (SSSR count). The van der Waals surface area contributed by atoms with Crippen LogP contribution in [0.1, 0.15) is 43.1 Å². The van der Waals surface area contributed by atoms with Crippen LogP contribution < -0.4 is 9.62 Å². The molecule has 0 amide bonds. The smallest absolute Gasteiger partial charge is 0.355 e. The summed E-state index contributed by atoms with van der Waals surface area (Å²) in [7, 11) is -3.30. The fourth-order valence-corrected chi connectivity index (χ4v) is 4.78. The first-order chi connectivity index (χ1) is 13.0. The van der Waals surface area contributed by atoms with E-state index in [-0.39, 0.29) is 17.4 Å². The highest BCUT2D eigenvalue weighted by molar-refractivity contribution is 7.89. The van der Waals surface area contributed by atoms with Crippen molar-refractivity contribution in [3.05, 3.63) is 17.0 Å². The van der Waals surface area contributed by atoms with Crippen molar-refractivity contribution in [2.45, 2.75) is 52.3 Å². The molecule has 0 saturated carbocycles. The molecule has 1 N–H and O–H groups in total. The average Bonchev–Trinajstić information content (AvgIpc) is 3.03. The number of nitrogens with one attached hydrogen (secondary N) is 1. The third kappa shape index (κ3) is 4.07. The summed E-state index contributed by atoms with van der Waals surface area (Å²) in [5.74, 6) is -0.642. The largest absolute Gasteiger partial charge is 0.453 e. The number of aryl methyl sites for hydroxylation is 1. The van der Waals surface area contributed by atoms with Gasteiger partial charge in [0.15, 0.2) is 11.5 Å². The number of piperidine rings is 1. The Kier molecular flexibility index (Phi) is 5.54. The number of fused-ring (bicyclic) bond motifs is 1. The van der Waals surface area contributed by atoms with Gasteiger partial charge in [-0.1, -0.05) is 6.92 Å². The molecule has 28 heavy (non-hydrogen) atoms. The Morgan fingerprint density at radius 2 is 1.79 bits per heavy atom. The van der Waals surface area contributed by atoms with Gasteiger partial charge in [-0.2, -0.15) is 17.7 Å². The van der Waals surface area contributed by atoms with E-state index in [1.165, 1.54) is 0 Å². The SMILES string of the molecule is CCCS(=O)(=O)NC1CCN(c2nn3c(C(F)(F)F)nnc3c(C)c2C)CC1. The van der Waals surface area contributed by atoms with Gasteiger partial charge in [-0.3, -0.25) is 0 Å². The molecule has 0 bridgehead atoms. The normalized spacial score (nSPS) is 16.9. The Morgan fingerprint density at radius 3 is 2.36 bits per heavy atom. The third-order valence-corrected chi connectivity index (χ3v) is 6.57. The predicted octanol–water partition coefficient (Wildman–Crippen LogP) is 2.06. The molecule has 0 aromatic carbocycles. The quantitative estimate of drug-likeness (QED) is 0.796. The highest BCUT2D eigenvalue weighted by Gasteiger charge is 2.38. The molecule has 8 nitrogen and oxygen atoms in total. The summed E-state index contributed by atoms with van der Waals surface area (Å²) in [6.45, 7) is 6.25. The minimum absolute atomic E-state index is 0.0794. The molecule has 0 aliphatic carbocycles. The highest BCUT2D eigenvalue weighted by Crippen LogP contribution is 2.31. The topological polar surface area (TPSA) is 92.5 Å². The fraction of sp³-hybridized carbons (Fsp3) is 0.688. The lowest BCUT2D eigenvalue weighted by Crippen LogP contribution is -2.45. The lowest BCUT2D eigenvalue weighted by atomic mass is 10.1. The van der Waals surface area contributed by atoms with Crippen molar-refractivity contribution in [1.29, 1.82) is 0 Å². The molecule has 2 aromatic heterocycles. The molecule has 3 heterocycles. The minimum atomic E-state index is -4.66. The van der Waals surface area contributed by atoms with Crippen LogP contribution in [0, 0.1) is 13.8 Å². The van der Waals surface area contributed by atoms with Crippen molar-refractivity contribution < 1.29 is 21.6 Å². The molecule has 1 fully saturated rings. The first-order valence-electron chi connectivity index (χ1n) is 9.08. The number of anilines is 1. The predicted molar refractivity (Wildman–Crippen MR) is 97.7 cm³/mol. The number of aromatic nitrogens is 4. The molecule has 2 aromatic rings. The third-order valence-electron chi connectivity index (χ3n) is 4.94. The second-order valence-electron chi connectivity index (χ2n) is 7.03. The second kappa shape index (κ2) is 7.47. The van der Waals surface area contributed by atoms with Crippen LogP contribution in [0.3, 0.4) is 0 Å². The standard InChI is InChI=1S/C16H23F3N6O2S/c1-4-9-28(26,27)23-12-5-7-24(8-6-12)14-11(3)10(2)13-20-21-15(16(17,18)19)25(13)22-14/h12,23H,4-9H2,1-3H3. The Labute approximate surface area is 161 Å². The van der Waals surface area contributed by atoms with Crippen LogP contribution in [0.4, 0.5) is 19.0 Å². The van der Waals surface area contributed by atoms with Gasteiger partial charge < -0.3 is 4.90 Å². The van der Waals surface area contributed by atoms with Crippen LogP contribution >= 0.6 is 0 Å². The van der Waals surface area contributed by atoms with E-state index in [1.54, 1.807) is 20.8 Å². The number of rotatable bonds is 5. The second-order valence-corrected chi connectivity index (χ2v) is 8.90. The van der Waals surface area contributed by atoms with Crippen molar-refractivity contribution in [2.75, 3.05) is 23.7 Å². The molecule has 0 radical (unpaired) electrons. The number of alkyl halides is 3. The van der Waals surface area contributed by atoms with Gasteiger partial charge in [-0.15, -0.1) is 15.3 Å². The van der Waals surface area contributed by atoms with Crippen LogP contribution in [0.25, 0.3) is 5.65 Å².